The number of nitrogens with two attached hydrogens (primary N) is 1. The van der Waals surface area contributed by atoms with Crippen LogP contribution in [-0.2, 0) is 6.54 Å². The van der Waals surface area contributed by atoms with E-state index < -0.39 is 5.97 Å². The van der Waals surface area contributed by atoms with Gasteiger partial charge in [0.15, 0.2) is 0 Å². The van der Waals surface area contributed by atoms with Crippen molar-refractivity contribution in [3.05, 3.63) is 82.0 Å². The second kappa shape index (κ2) is 6.88. The summed E-state index contributed by atoms with van der Waals surface area (Å²) in [6.07, 6.45) is 5.41. The van der Waals surface area contributed by atoms with Crippen molar-refractivity contribution in [2.75, 3.05) is 5.73 Å². The van der Waals surface area contributed by atoms with Gasteiger partial charge in [0.25, 0.3) is 5.56 Å². The molecular formula is C23H20N4O3. The smallest absolute Gasteiger partial charge is 0.353 e. The average Bonchev–Trinajstić information content (AvgIpc) is 3.52. The number of carbonyl (C=O) groups is 1. The number of carboxylic acids is 1. The summed E-state index contributed by atoms with van der Waals surface area (Å²) in [6, 6.07) is 13.0. The molecule has 1 aromatic carbocycles. The number of aromatic nitrogens is 3. The first-order valence-corrected chi connectivity index (χ1v) is 9.81. The molecule has 1 fully saturated rings. The van der Waals surface area contributed by atoms with E-state index in [9.17, 15) is 14.7 Å². The first kappa shape index (κ1) is 18.2. The number of nitrogens with one attached hydrogen (secondary N) is 1. The molecule has 0 radical (unpaired) electrons. The number of aromatic carboxylic acids is 1. The van der Waals surface area contributed by atoms with Crippen molar-refractivity contribution in [1.82, 2.24) is 14.5 Å². The number of nitrogen functional groups attached to an aromatic ring is 1. The normalized spacial score (nSPS) is 13.6. The Balaban J connectivity index is 1.82. The maximum atomic E-state index is 12.6. The SMILES string of the molecule is Nc1cc(Cn2c(C(=O)O)c(-c3ccc[nH]c3=O)c3cc(C4CC4)ccc32)ccn1. The third kappa shape index (κ3) is 3.04. The fraction of sp³-hybridized carbons (Fsp3) is 0.174. The van der Waals surface area contributed by atoms with Crippen molar-refractivity contribution in [3.63, 3.8) is 0 Å². The fourth-order valence-corrected chi connectivity index (χ4v) is 4.10. The summed E-state index contributed by atoms with van der Waals surface area (Å²) in [5.41, 5.74) is 9.17. The van der Waals surface area contributed by atoms with Crippen LogP contribution in [0.1, 0.15) is 40.4 Å². The lowest BCUT2D eigenvalue weighted by Gasteiger charge is -2.10. The lowest BCUT2D eigenvalue weighted by atomic mass is 10.0. The molecule has 0 amide bonds. The quantitative estimate of drug-likeness (QED) is 0.474. The Kier molecular flexibility index (Phi) is 4.17. The fourth-order valence-electron chi connectivity index (χ4n) is 4.10. The van der Waals surface area contributed by atoms with Crippen LogP contribution in [0.2, 0.25) is 0 Å². The van der Waals surface area contributed by atoms with Gasteiger partial charge in [-0.05, 0) is 66.3 Å². The van der Waals surface area contributed by atoms with E-state index in [0.717, 1.165) is 29.3 Å². The third-order valence-corrected chi connectivity index (χ3v) is 5.61. The Labute approximate surface area is 171 Å². The van der Waals surface area contributed by atoms with E-state index in [0.29, 0.717) is 29.4 Å². The van der Waals surface area contributed by atoms with Crippen molar-refractivity contribution >= 4 is 22.7 Å². The third-order valence-electron chi connectivity index (χ3n) is 5.61. The predicted molar refractivity (Wildman–Crippen MR) is 115 cm³/mol. The van der Waals surface area contributed by atoms with Gasteiger partial charge in [0.2, 0.25) is 0 Å². The number of nitrogens with zero attached hydrogens (tertiary/aromatic N) is 2. The molecular weight excluding hydrogens is 380 g/mol. The summed E-state index contributed by atoms with van der Waals surface area (Å²) in [7, 11) is 0. The Morgan fingerprint density at radius 2 is 2.07 bits per heavy atom. The van der Waals surface area contributed by atoms with Crippen LogP contribution < -0.4 is 11.3 Å². The minimum Gasteiger partial charge on any atom is -0.477 e. The number of H-pyrrole nitrogens is 1. The van der Waals surface area contributed by atoms with Crippen LogP contribution in [0.3, 0.4) is 0 Å². The largest absolute Gasteiger partial charge is 0.477 e. The summed E-state index contributed by atoms with van der Waals surface area (Å²) in [4.78, 5) is 31.7. The number of fused-ring (bicyclic) bond motifs is 1. The summed E-state index contributed by atoms with van der Waals surface area (Å²) in [5, 5.41) is 10.9. The van der Waals surface area contributed by atoms with E-state index in [1.807, 2.05) is 12.1 Å². The number of pyridine rings is 2. The maximum absolute atomic E-state index is 12.6. The van der Waals surface area contributed by atoms with Crippen molar-refractivity contribution in [2.45, 2.75) is 25.3 Å². The van der Waals surface area contributed by atoms with Crippen LogP contribution in [0.15, 0.2) is 59.7 Å². The van der Waals surface area contributed by atoms with Crippen LogP contribution in [0.5, 0.6) is 0 Å². The number of hydrogen-bond acceptors (Lipinski definition) is 4. The van der Waals surface area contributed by atoms with Gasteiger partial charge < -0.3 is 20.4 Å². The molecule has 1 aliphatic carbocycles. The lowest BCUT2D eigenvalue weighted by Crippen LogP contribution is -2.13. The van der Waals surface area contributed by atoms with Gasteiger partial charge in [-0.3, -0.25) is 4.79 Å². The number of carboxylic acid groups (broad SMARTS) is 1. The molecule has 4 N–H and O–H groups in total. The zero-order valence-electron chi connectivity index (χ0n) is 16.1. The average molecular weight is 400 g/mol. The maximum Gasteiger partial charge on any atom is 0.353 e. The van der Waals surface area contributed by atoms with Crippen molar-refractivity contribution < 1.29 is 9.90 Å². The van der Waals surface area contributed by atoms with Crippen LogP contribution in [-0.4, -0.2) is 25.6 Å². The Morgan fingerprint density at radius 3 is 2.77 bits per heavy atom. The van der Waals surface area contributed by atoms with E-state index in [-0.39, 0.29) is 11.3 Å². The molecule has 0 bridgehead atoms. The molecule has 1 saturated carbocycles. The molecule has 0 unspecified atom stereocenters. The highest BCUT2D eigenvalue weighted by Crippen LogP contribution is 2.43. The lowest BCUT2D eigenvalue weighted by molar-refractivity contribution is 0.0687. The molecule has 3 aromatic heterocycles. The number of hydrogen-bond donors (Lipinski definition) is 3. The molecule has 150 valence electrons. The summed E-state index contributed by atoms with van der Waals surface area (Å²) >= 11 is 0. The van der Waals surface area contributed by atoms with Gasteiger partial charge in [-0.15, -0.1) is 0 Å². The molecule has 1 aliphatic rings. The molecule has 5 rings (SSSR count). The molecule has 0 aliphatic heterocycles. The van der Waals surface area contributed by atoms with Crippen LogP contribution in [0.25, 0.3) is 22.0 Å². The second-order valence-electron chi connectivity index (χ2n) is 7.67. The van der Waals surface area contributed by atoms with E-state index in [1.54, 1.807) is 41.2 Å². The van der Waals surface area contributed by atoms with Crippen molar-refractivity contribution in [3.8, 4) is 11.1 Å². The van der Waals surface area contributed by atoms with E-state index in [1.165, 1.54) is 5.56 Å². The van der Waals surface area contributed by atoms with Gasteiger partial charge in [-0.1, -0.05) is 6.07 Å². The zero-order chi connectivity index (χ0) is 20.8. The van der Waals surface area contributed by atoms with E-state index in [4.69, 9.17) is 5.73 Å². The van der Waals surface area contributed by atoms with Crippen molar-refractivity contribution in [1.29, 1.82) is 0 Å². The van der Waals surface area contributed by atoms with Gasteiger partial charge in [-0.25, -0.2) is 9.78 Å². The minimum absolute atomic E-state index is 0.0880. The Morgan fingerprint density at radius 1 is 1.23 bits per heavy atom. The highest BCUT2D eigenvalue weighted by Gasteiger charge is 2.28. The predicted octanol–water partition coefficient (Wildman–Crippen LogP) is 3.60. The monoisotopic (exact) mass is 400 g/mol. The van der Waals surface area contributed by atoms with Crippen LogP contribution >= 0.6 is 0 Å². The highest BCUT2D eigenvalue weighted by atomic mass is 16.4. The van der Waals surface area contributed by atoms with Crippen LogP contribution in [0.4, 0.5) is 5.82 Å². The van der Waals surface area contributed by atoms with Gasteiger partial charge in [0.05, 0.1) is 0 Å². The molecule has 3 heterocycles. The Hall–Kier alpha value is -3.87. The number of anilines is 1. The number of benzene rings is 1. The number of rotatable bonds is 5. The van der Waals surface area contributed by atoms with E-state index in [2.05, 4.69) is 16.0 Å². The highest BCUT2D eigenvalue weighted by molar-refractivity contribution is 6.08. The molecule has 0 spiro atoms. The van der Waals surface area contributed by atoms with Gasteiger partial charge in [-0.2, -0.15) is 0 Å². The molecule has 30 heavy (non-hydrogen) atoms. The van der Waals surface area contributed by atoms with Crippen molar-refractivity contribution in [2.24, 2.45) is 0 Å². The summed E-state index contributed by atoms with van der Waals surface area (Å²) in [6.45, 7) is 0.304. The molecule has 7 heteroatoms. The first-order valence-electron chi connectivity index (χ1n) is 9.81. The van der Waals surface area contributed by atoms with Gasteiger partial charge >= 0.3 is 5.97 Å². The molecule has 7 nitrogen and oxygen atoms in total. The Bertz CT molecular complexity index is 1350. The molecule has 0 atom stereocenters. The topological polar surface area (TPSA) is 114 Å². The summed E-state index contributed by atoms with van der Waals surface area (Å²) < 4.78 is 1.74. The van der Waals surface area contributed by atoms with Gasteiger partial charge in [0.1, 0.15) is 11.5 Å². The van der Waals surface area contributed by atoms with Gasteiger partial charge in [0, 0.05) is 41.0 Å². The first-order chi connectivity index (χ1) is 14.5. The number of aromatic amines is 1. The summed E-state index contributed by atoms with van der Waals surface area (Å²) in [5.74, 6) is -0.205. The minimum atomic E-state index is -1.08. The molecule has 0 saturated heterocycles. The van der Waals surface area contributed by atoms with E-state index >= 15 is 0 Å². The second-order valence-corrected chi connectivity index (χ2v) is 7.67. The molecule has 4 aromatic rings. The standard InChI is InChI=1S/C23H20N4O3/c24-19-10-13(7-9-25-19)12-27-18-6-5-15(14-3-4-14)11-17(18)20(21(27)23(29)30)16-2-1-8-26-22(16)28/h1-2,5-11,14H,3-4,12H2,(H2,24,25)(H,26,28)(H,29,30). The zero-order valence-corrected chi connectivity index (χ0v) is 16.1. The van der Waals surface area contributed by atoms with Crippen LogP contribution in [0, 0.1) is 0 Å².